The summed E-state index contributed by atoms with van der Waals surface area (Å²) in [5.74, 6) is 0.476. The van der Waals surface area contributed by atoms with Crippen LogP contribution in [-0.4, -0.2) is 19.6 Å². The van der Waals surface area contributed by atoms with Gasteiger partial charge >= 0.3 is 0 Å². The van der Waals surface area contributed by atoms with E-state index >= 15 is 0 Å². The maximum atomic E-state index is 14.4. The highest BCUT2D eigenvalue weighted by Crippen LogP contribution is 2.31. The average molecular weight is 294 g/mol. The molecule has 1 rings (SSSR count). The summed E-state index contributed by atoms with van der Waals surface area (Å²) in [6.45, 7) is 11.8. The molecular weight excluding hydrogens is 263 g/mol. The van der Waals surface area contributed by atoms with Gasteiger partial charge in [-0.15, -0.1) is 0 Å². The lowest BCUT2D eigenvalue weighted by Crippen LogP contribution is -2.33. The van der Waals surface area contributed by atoms with Crippen molar-refractivity contribution >= 4 is 5.69 Å². The molecule has 0 saturated heterocycles. The van der Waals surface area contributed by atoms with Crippen LogP contribution >= 0.6 is 0 Å². The van der Waals surface area contributed by atoms with E-state index in [1.807, 2.05) is 13.1 Å². The minimum absolute atomic E-state index is 0.129. The first-order valence-corrected chi connectivity index (χ1v) is 8.13. The average Bonchev–Trinajstić information content (AvgIpc) is 2.42. The maximum absolute atomic E-state index is 14.4. The molecule has 1 aromatic carbocycles. The summed E-state index contributed by atoms with van der Waals surface area (Å²) in [6, 6.07) is 5.87. The number of rotatable bonds is 8. The Hall–Kier alpha value is -1.09. The molecule has 0 aliphatic rings. The Labute approximate surface area is 129 Å². The number of hydrogen-bond acceptors (Lipinski definition) is 2. The fourth-order valence-electron chi connectivity index (χ4n) is 2.79. The quantitative estimate of drug-likeness (QED) is 0.744. The monoisotopic (exact) mass is 294 g/mol. The van der Waals surface area contributed by atoms with E-state index in [0.717, 1.165) is 30.6 Å². The Kier molecular flexibility index (Phi) is 7.16. The first kappa shape index (κ1) is 18.0. The lowest BCUT2D eigenvalue weighted by atomic mass is 10.0. The zero-order valence-corrected chi connectivity index (χ0v) is 14.4. The third-order valence-electron chi connectivity index (χ3n) is 4.01. The molecule has 0 fully saturated rings. The summed E-state index contributed by atoms with van der Waals surface area (Å²) in [6.07, 6.45) is 2.13. The Morgan fingerprint density at radius 1 is 1.19 bits per heavy atom. The Balaban J connectivity index is 3.04. The van der Waals surface area contributed by atoms with Crippen molar-refractivity contribution in [2.24, 2.45) is 5.92 Å². The maximum Gasteiger partial charge on any atom is 0.146 e. The molecule has 1 N–H and O–H groups in total. The van der Waals surface area contributed by atoms with Crippen LogP contribution < -0.4 is 10.2 Å². The summed E-state index contributed by atoms with van der Waals surface area (Å²) in [5, 5.41) is 3.46. The van der Waals surface area contributed by atoms with Gasteiger partial charge < -0.3 is 10.2 Å². The van der Waals surface area contributed by atoms with Gasteiger partial charge in [-0.25, -0.2) is 4.39 Å². The normalized spacial score (nSPS) is 14.3. The number of hydrogen-bond donors (Lipinski definition) is 1. The van der Waals surface area contributed by atoms with Gasteiger partial charge in [0, 0.05) is 19.1 Å². The fraction of sp³-hybridized carbons (Fsp3) is 0.667. The first-order chi connectivity index (χ1) is 9.88. The fourth-order valence-corrected chi connectivity index (χ4v) is 2.79. The molecule has 2 atom stereocenters. The third kappa shape index (κ3) is 4.99. The van der Waals surface area contributed by atoms with Crippen LogP contribution in [0.2, 0.25) is 0 Å². The summed E-state index contributed by atoms with van der Waals surface area (Å²) in [7, 11) is 2.00. The number of benzene rings is 1. The zero-order valence-electron chi connectivity index (χ0n) is 14.4. The molecule has 0 aromatic heterocycles. The molecule has 0 bridgehead atoms. The van der Waals surface area contributed by atoms with Crippen LogP contribution in [-0.2, 0) is 0 Å². The molecular formula is C18H31FN2. The number of halogens is 1. The molecule has 0 aliphatic heterocycles. The molecule has 0 aliphatic carbocycles. The van der Waals surface area contributed by atoms with Gasteiger partial charge in [-0.3, -0.25) is 0 Å². The zero-order chi connectivity index (χ0) is 16.0. The van der Waals surface area contributed by atoms with Gasteiger partial charge in [0.1, 0.15) is 5.82 Å². The highest BCUT2D eigenvalue weighted by Gasteiger charge is 2.21. The molecule has 1 aromatic rings. The molecule has 0 radical (unpaired) electrons. The molecule has 0 spiro atoms. The standard InChI is InChI=1S/C18H31FN2/c1-7-11-20-15(5)16-9-8-10-17(19)18(16)21(6)14(4)12-13(2)3/h8-10,13-15,20H,7,11-12H2,1-6H3. The highest BCUT2D eigenvalue weighted by molar-refractivity contribution is 5.56. The summed E-state index contributed by atoms with van der Waals surface area (Å²) < 4.78 is 14.4. The van der Waals surface area contributed by atoms with Gasteiger partial charge in [-0.2, -0.15) is 0 Å². The van der Waals surface area contributed by atoms with Crippen LogP contribution in [0.1, 0.15) is 59.1 Å². The van der Waals surface area contributed by atoms with E-state index in [0.29, 0.717) is 12.0 Å². The van der Waals surface area contributed by atoms with E-state index in [-0.39, 0.29) is 11.9 Å². The van der Waals surface area contributed by atoms with Crippen LogP contribution in [0.15, 0.2) is 18.2 Å². The van der Waals surface area contributed by atoms with E-state index in [2.05, 4.69) is 44.8 Å². The van der Waals surface area contributed by atoms with E-state index in [1.165, 1.54) is 0 Å². The van der Waals surface area contributed by atoms with Crippen molar-refractivity contribution in [2.75, 3.05) is 18.5 Å². The number of para-hydroxylation sites is 1. The van der Waals surface area contributed by atoms with E-state index in [4.69, 9.17) is 0 Å². The van der Waals surface area contributed by atoms with Gasteiger partial charge in [0.2, 0.25) is 0 Å². The van der Waals surface area contributed by atoms with Crippen LogP contribution in [0.3, 0.4) is 0 Å². The van der Waals surface area contributed by atoms with Gasteiger partial charge in [-0.1, -0.05) is 32.9 Å². The molecule has 120 valence electrons. The molecule has 2 nitrogen and oxygen atoms in total. The minimum Gasteiger partial charge on any atom is -0.369 e. The van der Waals surface area contributed by atoms with Gasteiger partial charge in [0.05, 0.1) is 5.69 Å². The van der Waals surface area contributed by atoms with Crippen molar-refractivity contribution in [3.05, 3.63) is 29.6 Å². The Morgan fingerprint density at radius 2 is 1.86 bits per heavy atom. The highest BCUT2D eigenvalue weighted by atomic mass is 19.1. The second kappa shape index (κ2) is 8.38. The van der Waals surface area contributed by atoms with Gasteiger partial charge in [0.25, 0.3) is 0 Å². The molecule has 2 unspecified atom stereocenters. The largest absolute Gasteiger partial charge is 0.369 e. The van der Waals surface area contributed by atoms with Gasteiger partial charge in [-0.05, 0) is 50.8 Å². The lowest BCUT2D eigenvalue weighted by Gasteiger charge is -2.32. The molecule has 0 saturated carbocycles. The van der Waals surface area contributed by atoms with Crippen molar-refractivity contribution < 1.29 is 4.39 Å². The number of anilines is 1. The van der Waals surface area contributed by atoms with E-state index in [9.17, 15) is 4.39 Å². The van der Waals surface area contributed by atoms with Crippen molar-refractivity contribution in [1.29, 1.82) is 0 Å². The summed E-state index contributed by atoms with van der Waals surface area (Å²) in [4.78, 5) is 2.09. The third-order valence-corrected chi connectivity index (χ3v) is 4.01. The van der Waals surface area contributed by atoms with Crippen molar-refractivity contribution in [1.82, 2.24) is 5.32 Å². The molecule has 0 amide bonds. The van der Waals surface area contributed by atoms with Crippen LogP contribution in [0.4, 0.5) is 10.1 Å². The number of nitrogens with one attached hydrogen (secondary N) is 1. The molecule has 3 heteroatoms. The van der Waals surface area contributed by atoms with Crippen LogP contribution in [0, 0.1) is 11.7 Å². The first-order valence-electron chi connectivity index (χ1n) is 8.13. The lowest BCUT2D eigenvalue weighted by molar-refractivity contribution is 0.493. The van der Waals surface area contributed by atoms with E-state index in [1.54, 1.807) is 12.1 Å². The summed E-state index contributed by atoms with van der Waals surface area (Å²) >= 11 is 0. The number of nitrogens with zero attached hydrogens (tertiary/aromatic N) is 1. The molecule has 21 heavy (non-hydrogen) atoms. The summed E-state index contributed by atoms with van der Waals surface area (Å²) in [5.41, 5.74) is 1.78. The SMILES string of the molecule is CCCNC(C)c1cccc(F)c1N(C)C(C)CC(C)C. The molecule has 0 heterocycles. The van der Waals surface area contributed by atoms with Gasteiger partial charge in [0.15, 0.2) is 0 Å². The Bertz CT molecular complexity index is 431. The van der Waals surface area contributed by atoms with Crippen molar-refractivity contribution in [3.8, 4) is 0 Å². The van der Waals surface area contributed by atoms with Crippen molar-refractivity contribution in [3.63, 3.8) is 0 Å². The smallest absolute Gasteiger partial charge is 0.146 e. The van der Waals surface area contributed by atoms with Crippen molar-refractivity contribution in [2.45, 2.75) is 59.5 Å². The Morgan fingerprint density at radius 3 is 2.43 bits per heavy atom. The predicted octanol–water partition coefficient (Wildman–Crippen LogP) is 4.76. The van der Waals surface area contributed by atoms with Crippen LogP contribution in [0.25, 0.3) is 0 Å². The minimum atomic E-state index is -0.129. The predicted molar refractivity (Wildman–Crippen MR) is 90.4 cm³/mol. The second-order valence-electron chi connectivity index (χ2n) is 6.44. The van der Waals surface area contributed by atoms with Crippen LogP contribution in [0.5, 0.6) is 0 Å². The van der Waals surface area contributed by atoms with E-state index < -0.39 is 0 Å². The second-order valence-corrected chi connectivity index (χ2v) is 6.44. The topological polar surface area (TPSA) is 15.3 Å².